The monoisotopic (exact) mass is 716 g/mol. The molecule has 0 N–H and O–H groups in total. The van der Waals surface area contributed by atoms with Gasteiger partial charge in [0.1, 0.15) is 0 Å². The molecule has 13 aromatic rings. The van der Waals surface area contributed by atoms with E-state index in [9.17, 15) is 0 Å². The molecule has 4 nitrogen and oxygen atoms in total. The van der Waals surface area contributed by atoms with Gasteiger partial charge in [0.25, 0.3) is 0 Å². The van der Waals surface area contributed by atoms with Gasteiger partial charge in [-0.1, -0.05) is 72.8 Å². The van der Waals surface area contributed by atoms with Crippen LogP contribution < -0.4 is 0 Å². The molecule has 0 atom stereocenters. The third-order valence-electron chi connectivity index (χ3n) is 11.7. The third kappa shape index (κ3) is 4.05. The lowest BCUT2D eigenvalue weighted by Crippen LogP contribution is -1.94. The minimum Gasteiger partial charge on any atom is -0.309 e. The van der Waals surface area contributed by atoms with Crippen LogP contribution in [0.3, 0.4) is 0 Å². The molecule has 0 amide bonds. The Morgan fingerprint density at radius 3 is 1.31 bits per heavy atom. The van der Waals surface area contributed by atoms with Crippen molar-refractivity contribution in [3.05, 3.63) is 170 Å². The Balaban J connectivity index is 1.02. The van der Waals surface area contributed by atoms with Gasteiger partial charge in [-0.25, -0.2) is 0 Å². The first-order valence-electron chi connectivity index (χ1n) is 18.6. The molecule has 0 bridgehead atoms. The Hall–Kier alpha value is -7.08. The number of aromatic nitrogens is 4. The summed E-state index contributed by atoms with van der Waals surface area (Å²) in [5.41, 5.74) is 11.8. The zero-order valence-corrected chi connectivity index (χ0v) is 30.2. The molecule has 0 saturated carbocycles. The van der Waals surface area contributed by atoms with Gasteiger partial charge in [0, 0.05) is 89.0 Å². The van der Waals surface area contributed by atoms with Crippen LogP contribution >= 0.6 is 11.3 Å². The summed E-state index contributed by atoms with van der Waals surface area (Å²) in [5.74, 6) is 0. The van der Waals surface area contributed by atoms with Crippen molar-refractivity contribution in [2.24, 2.45) is 0 Å². The van der Waals surface area contributed by atoms with Crippen molar-refractivity contribution in [3.8, 4) is 33.6 Å². The first-order chi connectivity index (χ1) is 27.2. The average Bonchev–Trinajstić information content (AvgIpc) is 3.90. The molecule has 5 heteroatoms. The molecule has 55 heavy (non-hydrogen) atoms. The highest BCUT2D eigenvalue weighted by Crippen LogP contribution is 2.45. The second-order valence-electron chi connectivity index (χ2n) is 14.7. The van der Waals surface area contributed by atoms with E-state index in [1.54, 1.807) is 0 Å². The molecule has 8 aromatic carbocycles. The van der Waals surface area contributed by atoms with Crippen LogP contribution in [-0.4, -0.2) is 19.1 Å². The summed E-state index contributed by atoms with van der Waals surface area (Å²) in [6.07, 6.45) is 7.58. The summed E-state index contributed by atoms with van der Waals surface area (Å²) in [6.45, 7) is 0. The van der Waals surface area contributed by atoms with Gasteiger partial charge in [0.15, 0.2) is 0 Å². The highest BCUT2D eigenvalue weighted by Gasteiger charge is 2.21. The topological polar surface area (TPSA) is 35.6 Å². The lowest BCUT2D eigenvalue weighted by atomic mass is 9.98. The number of pyridine rings is 2. The van der Waals surface area contributed by atoms with E-state index in [0.717, 1.165) is 11.1 Å². The fourth-order valence-electron chi connectivity index (χ4n) is 9.38. The minimum absolute atomic E-state index is 1.12. The Morgan fingerprint density at radius 2 is 0.836 bits per heavy atom. The lowest BCUT2D eigenvalue weighted by Gasteiger charge is -2.10. The predicted molar refractivity (Wildman–Crippen MR) is 232 cm³/mol. The van der Waals surface area contributed by atoms with Gasteiger partial charge >= 0.3 is 0 Å². The summed E-state index contributed by atoms with van der Waals surface area (Å²) in [6, 6.07) is 54.0. The summed E-state index contributed by atoms with van der Waals surface area (Å²) < 4.78 is 7.48. The van der Waals surface area contributed by atoms with Crippen molar-refractivity contribution in [1.29, 1.82) is 0 Å². The highest BCUT2D eigenvalue weighted by molar-refractivity contribution is 7.25. The van der Waals surface area contributed by atoms with Gasteiger partial charge in [-0.15, -0.1) is 11.3 Å². The Bertz CT molecular complexity index is 3410. The number of thiophene rings is 1. The predicted octanol–water partition coefficient (Wildman–Crippen LogP) is 13.6. The maximum absolute atomic E-state index is 4.44. The van der Waals surface area contributed by atoms with E-state index < -0.39 is 0 Å². The van der Waals surface area contributed by atoms with Crippen LogP contribution in [0.4, 0.5) is 0 Å². The molecule has 0 aliphatic rings. The zero-order chi connectivity index (χ0) is 35.8. The zero-order valence-electron chi connectivity index (χ0n) is 29.4. The molecular weight excluding hydrogens is 689 g/mol. The number of rotatable bonds is 4. The van der Waals surface area contributed by atoms with E-state index in [0.29, 0.717) is 0 Å². The van der Waals surface area contributed by atoms with E-state index in [1.807, 2.05) is 48.3 Å². The molecule has 0 saturated heterocycles. The molecule has 0 aliphatic heterocycles. The van der Waals surface area contributed by atoms with Gasteiger partial charge in [-0.3, -0.25) is 9.97 Å². The maximum atomic E-state index is 4.44. The summed E-state index contributed by atoms with van der Waals surface area (Å²) in [5, 5.41) is 12.8. The smallest absolute Gasteiger partial charge is 0.0553 e. The SMILES string of the molecule is c1cncc(-c2cc3ccc4cccc5c4c3c(c2)n5-c2ccc3c(c2)sc2cc(-n4c5cccc6ccc7cc(-c8cccnc8)cc4c7c65)ccc23)c1. The molecule has 0 radical (unpaired) electrons. The van der Waals surface area contributed by atoms with Crippen LogP contribution in [0.2, 0.25) is 0 Å². The Kier molecular flexibility index (Phi) is 5.74. The van der Waals surface area contributed by atoms with Gasteiger partial charge in [0.05, 0.1) is 22.1 Å². The Morgan fingerprint density at radius 1 is 0.364 bits per heavy atom. The van der Waals surface area contributed by atoms with Crippen molar-refractivity contribution >= 4 is 96.7 Å². The summed E-state index contributed by atoms with van der Waals surface area (Å²) in [4.78, 5) is 8.87. The molecule has 254 valence electrons. The standard InChI is InChI=1S/C50H28N4S/c1-5-29-11-13-31-21-35(33-7-3-19-51-27-33)23-43-49(31)47(29)41(9-1)53(43)37-15-17-39-40-18-16-38(26-46(40)55-45(39)25-37)54-42-10-2-6-30-12-14-32-22-36(34-8-4-20-52-28-34)24-44(54)50(32)48(30)42/h1-28H. The molecule has 0 spiro atoms. The van der Waals surface area contributed by atoms with E-state index in [2.05, 4.69) is 153 Å². The number of fused-ring (bicyclic) bond motifs is 3. The number of hydrogen-bond donors (Lipinski definition) is 0. The molecule has 0 aliphatic carbocycles. The normalized spacial score (nSPS) is 12.4. The van der Waals surface area contributed by atoms with Gasteiger partial charge < -0.3 is 9.13 Å². The van der Waals surface area contributed by atoms with Crippen molar-refractivity contribution in [1.82, 2.24) is 19.1 Å². The van der Waals surface area contributed by atoms with Gasteiger partial charge in [-0.05, 0) is 105 Å². The van der Waals surface area contributed by atoms with Crippen LogP contribution in [0.15, 0.2) is 170 Å². The summed E-state index contributed by atoms with van der Waals surface area (Å²) in [7, 11) is 0. The average molecular weight is 717 g/mol. The maximum Gasteiger partial charge on any atom is 0.0553 e. The molecule has 13 rings (SSSR count). The van der Waals surface area contributed by atoms with Crippen molar-refractivity contribution in [2.75, 3.05) is 0 Å². The highest BCUT2D eigenvalue weighted by atomic mass is 32.1. The first-order valence-corrected chi connectivity index (χ1v) is 19.4. The van der Waals surface area contributed by atoms with Gasteiger partial charge in [-0.2, -0.15) is 0 Å². The van der Waals surface area contributed by atoms with E-state index in [-0.39, 0.29) is 0 Å². The molecule has 5 heterocycles. The number of hydrogen-bond acceptors (Lipinski definition) is 3. The van der Waals surface area contributed by atoms with Crippen LogP contribution in [0.1, 0.15) is 0 Å². The third-order valence-corrected chi connectivity index (χ3v) is 12.9. The van der Waals surface area contributed by atoms with Crippen molar-refractivity contribution in [2.45, 2.75) is 0 Å². The molecule has 0 unspecified atom stereocenters. The molecular formula is C50H28N4S. The van der Waals surface area contributed by atoms with Crippen LogP contribution in [0.5, 0.6) is 0 Å². The number of nitrogens with zero attached hydrogens (tertiary/aromatic N) is 4. The van der Waals surface area contributed by atoms with Crippen LogP contribution in [0.25, 0.3) is 119 Å². The van der Waals surface area contributed by atoms with Crippen molar-refractivity contribution < 1.29 is 0 Å². The second kappa shape index (κ2) is 10.8. The second-order valence-corrected chi connectivity index (χ2v) is 15.8. The number of benzene rings is 8. The summed E-state index contributed by atoms with van der Waals surface area (Å²) >= 11 is 1.88. The molecule has 5 aromatic heterocycles. The van der Waals surface area contributed by atoms with E-state index in [4.69, 9.17) is 0 Å². The van der Waals surface area contributed by atoms with E-state index in [1.165, 1.54) is 108 Å². The first kappa shape index (κ1) is 29.4. The lowest BCUT2D eigenvalue weighted by molar-refractivity contribution is 1.19. The van der Waals surface area contributed by atoms with E-state index >= 15 is 0 Å². The minimum atomic E-state index is 1.12. The quantitative estimate of drug-likeness (QED) is 0.170. The van der Waals surface area contributed by atoms with Crippen LogP contribution in [-0.2, 0) is 0 Å². The fraction of sp³-hybridized carbons (Fsp3) is 0. The Labute approximate surface area is 318 Å². The largest absolute Gasteiger partial charge is 0.309 e. The van der Waals surface area contributed by atoms with Crippen molar-refractivity contribution in [3.63, 3.8) is 0 Å². The van der Waals surface area contributed by atoms with Crippen LogP contribution in [0, 0.1) is 0 Å². The molecule has 0 fully saturated rings. The van der Waals surface area contributed by atoms with Gasteiger partial charge in [0.2, 0.25) is 0 Å². The fourth-order valence-corrected chi connectivity index (χ4v) is 10.5.